The Balaban J connectivity index is 2.20. The predicted octanol–water partition coefficient (Wildman–Crippen LogP) is 2.91. The first-order valence-electron chi connectivity index (χ1n) is 4.86. The van der Waals surface area contributed by atoms with Gasteiger partial charge in [-0.25, -0.2) is 4.79 Å². The number of halogens is 1. The van der Waals surface area contributed by atoms with Crippen LogP contribution in [0.4, 0.5) is 0 Å². The molecule has 0 saturated carbocycles. The molecule has 0 aromatic heterocycles. The summed E-state index contributed by atoms with van der Waals surface area (Å²) in [6.07, 6.45) is 0. The van der Waals surface area contributed by atoms with Crippen LogP contribution in [0.3, 0.4) is 0 Å². The van der Waals surface area contributed by atoms with Crippen molar-refractivity contribution in [2.45, 2.75) is 6.92 Å². The van der Waals surface area contributed by atoms with Crippen LogP contribution in [-0.2, 0) is 9.53 Å². The van der Waals surface area contributed by atoms with E-state index in [0.717, 1.165) is 5.75 Å². The lowest BCUT2D eigenvalue weighted by molar-refractivity contribution is -0.139. The topological polar surface area (TPSA) is 35.5 Å². The highest BCUT2D eigenvalue weighted by molar-refractivity contribution is 9.11. The summed E-state index contributed by atoms with van der Waals surface area (Å²) in [7, 11) is 0. The summed E-state index contributed by atoms with van der Waals surface area (Å²) < 4.78 is 10.3. The Labute approximate surface area is 103 Å². The van der Waals surface area contributed by atoms with Gasteiger partial charge in [0.2, 0.25) is 0 Å². The average molecular weight is 285 g/mol. The summed E-state index contributed by atoms with van der Waals surface area (Å²) in [4.78, 5) is 12.7. The largest absolute Gasteiger partial charge is 0.490 e. The number of para-hydroxylation sites is 1. The fourth-order valence-electron chi connectivity index (χ4n) is 0.969. The second kappa shape index (κ2) is 7.06. The first-order valence-corrected chi connectivity index (χ1v) is 5.77. The summed E-state index contributed by atoms with van der Waals surface area (Å²) in [5.74, 6) is 0.430. The Bertz CT molecular complexity index is 360. The molecule has 1 aromatic rings. The van der Waals surface area contributed by atoms with Gasteiger partial charge in [0.1, 0.15) is 19.0 Å². The normalized spacial score (nSPS) is 11.0. The van der Waals surface area contributed by atoms with E-state index in [2.05, 4.69) is 15.9 Å². The highest BCUT2D eigenvalue weighted by atomic mass is 79.9. The monoisotopic (exact) mass is 284 g/mol. The molecule has 0 heterocycles. The van der Waals surface area contributed by atoms with E-state index in [0.29, 0.717) is 12.2 Å². The third-order valence-electron chi connectivity index (χ3n) is 1.81. The first kappa shape index (κ1) is 12.8. The Morgan fingerprint density at radius 3 is 2.62 bits per heavy atom. The van der Waals surface area contributed by atoms with Crippen LogP contribution in [0.1, 0.15) is 6.92 Å². The smallest absolute Gasteiger partial charge is 0.334 e. The minimum atomic E-state index is -0.339. The van der Waals surface area contributed by atoms with Gasteiger partial charge in [0.05, 0.1) is 0 Å². The summed E-state index contributed by atoms with van der Waals surface area (Å²) in [5.41, 5.74) is 0.528. The molecule has 0 aliphatic rings. The minimum Gasteiger partial charge on any atom is -0.490 e. The van der Waals surface area contributed by atoms with E-state index in [1.807, 2.05) is 30.3 Å². The van der Waals surface area contributed by atoms with Crippen LogP contribution < -0.4 is 4.74 Å². The number of hydrogen-bond acceptors (Lipinski definition) is 3. The molecule has 1 rings (SSSR count). The maximum atomic E-state index is 11.2. The summed E-state index contributed by atoms with van der Waals surface area (Å²) in [5, 5.41) is 0. The van der Waals surface area contributed by atoms with Crippen LogP contribution in [0, 0.1) is 0 Å². The molecule has 1 aromatic carbocycles. The predicted molar refractivity (Wildman–Crippen MR) is 65.6 cm³/mol. The molecule has 4 heteroatoms. The first-order chi connectivity index (χ1) is 7.74. The van der Waals surface area contributed by atoms with Crippen LogP contribution in [0.25, 0.3) is 0 Å². The third kappa shape index (κ3) is 4.49. The molecule has 0 radical (unpaired) electrons. The fraction of sp³-hybridized carbons (Fsp3) is 0.250. The number of ether oxygens (including phenoxy) is 2. The number of rotatable bonds is 5. The fourth-order valence-corrected chi connectivity index (χ4v) is 1.16. The van der Waals surface area contributed by atoms with Gasteiger partial charge in [-0.1, -0.05) is 34.1 Å². The zero-order valence-corrected chi connectivity index (χ0v) is 10.6. The van der Waals surface area contributed by atoms with Crippen molar-refractivity contribution in [1.82, 2.24) is 0 Å². The van der Waals surface area contributed by atoms with Crippen molar-refractivity contribution in [3.63, 3.8) is 0 Å². The molecule has 0 amide bonds. The Hall–Kier alpha value is -1.29. The summed E-state index contributed by atoms with van der Waals surface area (Å²) >= 11 is 3.07. The van der Waals surface area contributed by atoms with Crippen LogP contribution in [0.15, 0.2) is 40.9 Å². The number of benzene rings is 1. The van der Waals surface area contributed by atoms with Crippen LogP contribution >= 0.6 is 15.9 Å². The quantitative estimate of drug-likeness (QED) is 0.474. The second-order valence-corrected chi connectivity index (χ2v) is 3.55. The molecule has 0 bridgehead atoms. The molecular weight excluding hydrogens is 272 g/mol. The van der Waals surface area contributed by atoms with E-state index in [4.69, 9.17) is 9.47 Å². The van der Waals surface area contributed by atoms with Gasteiger partial charge in [-0.3, -0.25) is 0 Å². The highest BCUT2D eigenvalue weighted by Crippen LogP contribution is 2.07. The van der Waals surface area contributed by atoms with Crippen LogP contribution in [0.2, 0.25) is 0 Å². The van der Waals surface area contributed by atoms with Crippen molar-refractivity contribution in [2.75, 3.05) is 13.2 Å². The third-order valence-corrected chi connectivity index (χ3v) is 2.50. The SMILES string of the molecule is C/C(=C/Br)C(=O)OCCOc1ccccc1. The number of hydrogen-bond donors (Lipinski definition) is 0. The van der Waals surface area contributed by atoms with E-state index >= 15 is 0 Å². The maximum absolute atomic E-state index is 11.2. The second-order valence-electron chi connectivity index (χ2n) is 3.09. The Morgan fingerprint density at radius 2 is 2.00 bits per heavy atom. The molecule has 3 nitrogen and oxygen atoms in total. The molecule has 0 spiro atoms. The molecule has 0 N–H and O–H groups in total. The molecule has 0 saturated heterocycles. The zero-order chi connectivity index (χ0) is 11.8. The van der Waals surface area contributed by atoms with Crippen molar-refractivity contribution < 1.29 is 14.3 Å². The zero-order valence-electron chi connectivity index (χ0n) is 8.98. The molecule has 0 aliphatic heterocycles. The Kier molecular flexibility index (Phi) is 5.64. The molecule has 0 unspecified atom stereocenters. The van der Waals surface area contributed by atoms with Crippen molar-refractivity contribution in [2.24, 2.45) is 0 Å². The number of carbonyl (C=O) groups is 1. The van der Waals surface area contributed by atoms with Crippen molar-refractivity contribution in [1.29, 1.82) is 0 Å². The van der Waals surface area contributed by atoms with Gasteiger partial charge in [-0.15, -0.1) is 0 Å². The number of esters is 1. The molecule has 0 atom stereocenters. The van der Waals surface area contributed by atoms with E-state index in [1.54, 1.807) is 6.92 Å². The summed E-state index contributed by atoms with van der Waals surface area (Å²) in [6, 6.07) is 9.39. The minimum absolute atomic E-state index is 0.242. The standard InChI is InChI=1S/C12H13BrO3/c1-10(9-13)12(14)16-8-7-15-11-5-3-2-4-6-11/h2-6,9H,7-8H2,1H3/b10-9-. The lowest BCUT2D eigenvalue weighted by atomic mass is 10.3. The van der Waals surface area contributed by atoms with E-state index in [-0.39, 0.29) is 12.6 Å². The highest BCUT2D eigenvalue weighted by Gasteiger charge is 2.04. The van der Waals surface area contributed by atoms with E-state index in [1.165, 1.54) is 4.99 Å². The van der Waals surface area contributed by atoms with Crippen LogP contribution in [-0.4, -0.2) is 19.2 Å². The van der Waals surface area contributed by atoms with Crippen molar-refractivity contribution >= 4 is 21.9 Å². The van der Waals surface area contributed by atoms with Gasteiger partial charge in [-0.2, -0.15) is 0 Å². The van der Waals surface area contributed by atoms with Crippen LogP contribution in [0.5, 0.6) is 5.75 Å². The van der Waals surface area contributed by atoms with E-state index < -0.39 is 0 Å². The van der Waals surface area contributed by atoms with Gasteiger partial charge < -0.3 is 9.47 Å². The van der Waals surface area contributed by atoms with Gasteiger partial charge in [0.25, 0.3) is 0 Å². The van der Waals surface area contributed by atoms with Gasteiger partial charge >= 0.3 is 5.97 Å². The van der Waals surface area contributed by atoms with Gasteiger partial charge in [0.15, 0.2) is 0 Å². The maximum Gasteiger partial charge on any atom is 0.334 e. The molecular formula is C12H13BrO3. The average Bonchev–Trinajstić information content (AvgIpc) is 2.34. The van der Waals surface area contributed by atoms with Crippen molar-refractivity contribution in [3.8, 4) is 5.75 Å². The molecule has 0 aliphatic carbocycles. The lowest BCUT2D eigenvalue weighted by Crippen LogP contribution is -2.12. The van der Waals surface area contributed by atoms with Crippen molar-refractivity contribution in [3.05, 3.63) is 40.9 Å². The lowest BCUT2D eigenvalue weighted by Gasteiger charge is -2.06. The van der Waals surface area contributed by atoms with E-state index in [9.17, 15) is 4.79 Å². The Morgan fingerprint density at radius 1 is 1.31 bits per heavy atom. The summed E-state index contributed by atoms with van der Waals surface area (Å²) in [6.45, 7) is 2.27. The van der Waals surface area contributed by atoms with Gasteiger partial charge in [0, 0.05) is 5.57 Å². The molecule has 0 fully saturated rings. The molecule has 86 valence electrons. The number of carbonyl (C=O) groups excluding carboxylic acids is 1. The molecule has 16 heavy (non-hydrogen) atoms. The van der Waals surface area contributed by atoms with Gasteiger partial charge in [-0.05, 0) is 24.0 Å².